The highest BCUT2D eigenvalue weighted by Crippen LogP contribution is 2.35. The normalized spacial score (nSPS) is 13.1. The number of fused-ring (bicyclic) bond motifs is 1. The van der Waals surface area contributed by atoms with Crippen LogP contribution in [0.1, 0.15) is 11.1 Å². The minimum atomic E-state index is -3.10. The second kappa shape index (κ2) is 6.96. The lowest BCUT2D eigenvalue weighted by Crippen LogP contribution is -2.03. The average Bonchev–Trinajstić information content (AvgIpc) is 3.09. The summed E-state index contributed by atoms with van der Waals surface area (Å²) in [5, 5.41) is 3.11. The summed E-state index contributed by atoms with van der Waals surface area (Å²) in [6.07, 6.45) is 3.54. The molecule has 1 N–H and O–H groups in total. The van der Waals surface area contributed by atoms with Crippen molar-refractivity contribution >= 4 is 21.5 Å². The summed E-state index contributed by atoms with van der Waals surface area (Å²) in [6, 6.07) is 13.1. The first-order valence-corrected chi connectivity index (χ1v) is 10.5. The van der Waals surface area contributed by atoms with E-state index in [0.29, 0.717) is 29.6 Å². The second-order valence-corrected chi connectivity index (χ2v) is 8.56. The van der Waals surface area contributed by atoms with Crippen LogP contribution in [0.25, 0.3) is 11.4 Å². The number of para-hydroxylation sites is 1. The van der Waals surface area contributed by atoms with E-state index >= 15 is 0 Å². The number of benzene rings is 2. The molecule has 0 bridgehead atoms. The number of sulfone groups is 1. The first-order chi connectivity index (χ1) is 13.0. The molecule has 4 rings (SSSR count). The fourth-order valence-corrected chi connectivity index (χ4v) is 3.83. The van der Waals surface area contributed by atoms with E-state index in [-0.39, 0.29) is 5.75 Å². The van der Waals surface area contributed by atoms with Crippen molar-refractivity contribution in [1.82, 2.24) is 15.0 Å². The molecule has 0 saturated heterocycles. The van der Waals surface area contributed by atoms with Crippen molar-refractivity contribution in [1.29, 1.82) is 0 Å². The Morgan fingerprint density at radius 3 is 2.85 bits per heavy atom. The van der Waals surface area contributed by atoms with E-state index in [1.54, 1.807) is 18.2 Å². The molecule has 0 spiro atoms. The molecule has 0 unspecified atom stereocenters. The van der Waals surface area contributed by atoms with Crippen LogP contribution in [0.2, 0.25) is 0 Å². The molecular formula is C19H18N4O3S. The maximum absolute atomic E-state index is 11.5. The van der Waals surface area contributed by atoms with Gasteiger partial charge in [0.2, 0.25) is 5.95 Å². The summed E-state index contributed by atoms with van der Waals surface area (Å²) in [7, 11) is -3.10. The van der Waals surface area contributed by atoms with Crippen molar-refractivity contribution in [3.63, 3.8) is 0 Å². The van der Waals surface area contributed by atoms with Gasteiger partial charge in [0.05, 0.1) is 17.9 Å². The zero-order valence-corrected chi connectivity index (χ0v) is 15.5. The molecule has 0 fully saturated rings. The van der Waals surface area contributed by atoms with Gasteiger partial charge in [-0.15, -0.1) is 0 Å². The lowest BCUT2D eigenvalue weighted by molar-refractivity contribution is 0.358. The minimum Gasteiger partial charge on any atom is -0.492 e. The molecular weight excluding hydrogens is 364 g/mol. The molecule has 2 heterocycles. The van der Waals surface area contributed by atoms with Crippen LogP contribution in [0.3, 0.4) is 0 Å². The summed E-state index contributed by atoms with van der Waals surface area (Å²) < 4.78 is 28.7. The Morgan fingerprint density at radius 1 is 1.15 bits per heavy atom. The van der Waals surface area contributed by atoms with Gasteiger partial charge in [0.25, 0.3) is 0 Å². The molecule has 3 aromatic rings. The molecule has 1 aromatic heterocycles. The average molecular weight is 382 g/mol. The van der Waals surface area contributed by atoms with Gasteiger partial charge in [-0.05, 0) is 29.3 Å². The standard InChI is InChI=1S/C19H18N4O3S/c1-27(24,25)11-13-4-2-6-15(10-13)22-19-21-12-20-18(23-19)16-7-3-5-14-8-9-26-17(14)16/h2-7,10,12H,8-9,11H2,1H3,(H,20,21,22,23). The Balaban J connectivity index is 1.61. The highest BCUT2D eigenvalue weighted by molar-refractivity contribution is 7.89. The number of aromatic nitrogens is 3. The Bertz CT molecular complexity index is 1100. The Kier molecular flexibility index (Phi) is 4.49. The van der Waals surface area contributed by atoms with Crippen molar-refractivity contribution in [2.24, 2.45) is 0 Å². The minimum absolute atomic E-state index is 0.0154. The van der Waals surface area contributed by atoms with Gasteiger partial charge in [-0.1, -0.05) is 24.3 Å². The zero-order valence-electron chi connectivity index (χ0n) is 14.7. The maximum atomic E-state index is 11.5. The van der Waals surface area contributed by atoms with Gasteiger partial charge in [0.1, 0.15) is 12.1 Å². The van der Waals surface area contributed by atoms with Crippen LogP contribution in [-0.4, -0.2) is 36.2 Å². The van der Waals surface area contributed by atoms with E-state index in [1.807, 2.05) is 24.3 Å². The number of rotatable bonds is 5. The number of nitrogens with one attached hydrogen (secondary N) is 1. The van der Waals surface area contributed by atoms with Crippen molar-refractivity contribution in [2.45, 2.75) is 12.2 Å². The van der Waals surface area contributed by atoms with Crippen LogP contribution >= 0.6 is 0 Å². The second-order valence-electron chi connectivity index (χ2n) is 6.42. The Labute approximate surface area is 157 Å². The van der Waals surface area contributed by atoms with Gasteiger partial charge >= 0.3 is 0 Å². The van der Waals surface area contributed by atoms with E-state index in [4.69, 9.17) is 4.74 Å². The van der Waals surface area contributed by atoms with Crippen LogP contribution < -0.4 is 10.1 Å². The van der Waals surface area contributed by atoms with Crippen LogP contribution in [0.15, 0.2) is 48.8 Å². The lowest BCUT2D eigenvalue weighted by Gasteiger charge is -2.09. The zero-order chi connectivity index (χ0) is 18.9. The fourth-order valence-electron chi connectivity index (χ4n) is 3.05. The number of hydrogen-bond donors (Lipinski definition) is 1. The monoisotopic (exact) mass is 382 g/mol. The van der Waals surface area contributed by atoms with Crippen LogP contribution in [0.4, 0.5) is 11.6 Å². The fraction of sp³-hybridized carbons (Fsp3) is 0.211. The largest absolute Gasteiger partial charge is 0.492 e. The van der Waals surface area contributed by atoms with Gasteiger partial charge in [0, 0.05) is 18.4 Å². The SMILES string of the molecule is CS(=O)(=O)Cc1cccc(Nc2ncnc(-c3cccc4c3OCC4)n2)c1. The summed E-state index contributed by atoms with van der Waals surface area (Å²) in [5.41, 5.74) is 3.39. The van der Waals surface area contributed by atoms with E-state index in [0.717, 1.165) is 23.3 Å². The number of hydrogen-bond acceptors (Lipinski definition) is 7. The quantitative estimate of drug-likeness (QED) is 0.725. The highest BCUT2D eigenvalue weighted by Gasteiger charge is 2.19. The number of anilines is 2. The van der Waals surface area contributed by atoms with Crippen molar-refractivity contribution in [2.75, 3.05) is 18.2 Å². The first-order valence-electron chi connectivity index (χ1n) is 8.46. The Hall–Kier alpha value is -3.00. The molecule has 1 aliphatic rings. The molecule has 1 aliphatic heterocycles. The van der Waals surface area contributed by atoms with Gasteiger partial charge < -0.3 is 10.1 Å². The van der Waals surface area contributed by atoms with Crippen LogP contribution in [-0.2, 0) is 22.0 Å². The van der Waals surface area contributed by atoms with Crippen LogP contribution in [0.5, 0.6) is 5.75 Å². The molecule has 0 atom stereocenters. The summed E-state index contributed by atoms with van der Waals surface area (Å²) in [4.78, 5) is 12.9. The molecule has 8 heteroatoms. The molecule has 27 heavy (non-hydrogen) atoms. The first kappa shape index (κ1) is 17.4. The van der Waals surface area contributed by atoms with Gasteiger partial charge in [0.15, 0.2) is 15.7 Å². The molecule has 0 radical (unpaired) electrons. The lowest BCUT2D eigenvalue weighted by atomic mass is 10.1. The van der Waals surface area contributed by atoms with E-state index < -0.39 is 9.84 Å². The molecule has 138 valence electrons. The molecule has 2 aromatic carbocycles. The smallest absolute Gasteiger partial charge is 0.230 e. The van der Waals surface area contributed by atoms with Gasteiger partial charge in [-0.2, -0.15) is 4.98 Å². The van der Waals surface area contributed by atoms with Gasteiger partial charge in [-0.25, -0.2) is 18.4 Å². The third kappa shape index (κ3) is 4.06. The Morgan fingerprint density at radius 2 is 2.00 bits per heavy atom. The third-order valence-electron chi connectivity index (χ3n) is 4.14. The number of ether oxygens (including phenoxy) is 1. The molecule has 7 nitrogen and oxygen atoms in total. The molecule has 0 saturated carbocycles. The predicted molar refractivity (Wildman–Crippen MR) is 103 cm³/mol. The highest BCUT2D eigenvalue weighted by atomic mass is 32.2. The van der Waals surface area contributed by atoms with Crippen LogP contribution in [0, 0.1) is 0 Å². The predicted octanol–water partition coefficient (Wildman–Crippen LogP) is 2.76. The van der Waals surface area contributed by atoms with E-state index in [2.05, 4.69) is 20.3 Å². The number of nitrogens with zero attached hydrogens (tertiary/aromatic N) is 3. The van der Waals surface area contributed by atoms with Gasteiger partial charge in [-0.3, -0.25) is 0 Å². The summed E-state index contributed by atoms with van der Waals surface area (Å²) >= 11 is 0. The molecule has 0 aliphatic carbocycles. The van der Waals surface area contributed by atoms with Crippen molar-refractivity contribution in [3.8, 4) is 17.1 Å². The molecule has 0 amide bonds. The summed E-state index contributed by atoms with van der Waals surface area (Å²) in [6.45, 7) is 0.662. The van der Waals surface area contributed by atoms with Crippen molar-refractivity contribution in [3.05, 3.63) is 59.9 Å². The maximum Gasteiger partial charge on any atom is 0.230 e. The van der Waals surface area contributed by atoms with E-state index in [9.17, 15) is 8.42 Å². The summed E-state index contributed by atoms with van der Waals surface area (Å²) in [5.74, 6) is 1.72. The topological polar surface area (TPSA) is 94.1 Å². The van der Waals surface area contributed by atoms with Crippen molar-refractivity contribution < 1.29 is 13.2 Å². The van der Waals surface area contributed by atoms with E-state index in [1.165, 1.54) is 12.6 Å². The third-order valence-corrected chi connectivity index (χ3v) is 5.00.